The number of hydrogen-bond donors (Lipinski definition) is 2. The molecule has 4 heteroatoms. The van der Waals surface area contributed by atoms with Crippen molar-refractivity contribution >= 4 is 16.9 Å². The predicted molar refractivity (Wildman–Crippen MR) is 72.8 cm³/mol. The Hall–Kier alpha value is -1.81. The van der Waals surface area contributed by atoms with Gasteiger partial charge in [-0.3, -0.25) is 0 Å². The molecule has 0 spiro atoms. The third-order valence-electron chi connectivity index (χ3n) is 4.00. The average molecular weight is 259 g/mol. The van der Waals surface area contributed by atoms with Crippen molar-refractivity contribution < 1.29 is 14.8 Å². The lowest BCUT2D eigenvalue weighted by atomic mass is 9.86. The number of rotatable bonds is 1. The van der Waals surface area contributed by atoms with E-state index in [9.17, 15) is 4.79 Å². The fourth-order valence-corrected chi connectivity index (χ4v) is 3.13. The molecule has 2 aromatic rings. The van der Waals surface area contributed by atoms with Crippen LogP contribution < -0.4 is 5.32 Å². The maximum absolute atomic E-state index is 11.9. The number of carbonyl (C=O) groups is 1. The molecule has 3 rings (SSSR count). The fourth-order valence-electron chi connectivity index (χ4n) is 3.13. The number of benzene rings is 1. The van der Waals surface area contributed by atoms with Gasteiger partial charge in [0.05, 0.1) is 12.8 Å². The molecule has 1 aromatic heterocycles. The van der Waals surface area contributed by atoms with Gasteiger partial charge in [0.25, 0.3) is 0 Å². The molecule has 1 atom stereocenters. The van der Waals surface area contributed by atoms with Gasteiger partial charge in [0.15, 0.2) is 6.04 Å². The minimum atomic E-state index is -0.160. The Bertz CT molecular complexity index is 643. The van der Waals surface area contributed by atoms with Crippen LogP contribution in [-0.4, -0.2) is 24.1 Å². The van der Waals surface area contributed by atoms with Crippen LogP contribution in [0, 0.1) is 0 Å². The number of hydrogen-bond acceptors (Lipinski definition) is 2. The number of para-hydroxylation sites is 1. The van der Waals surface area contributed by atoms with Crippen molar-refractivity contribution in [3.05, 3.63) is 35.5 Å². The Kier molecular flexibility index (Phi) is 2.64. The van der Waals surface area contributed by atoms with Gasteiger partial charge in [-0.2, -0.15) is 0 Å². The summed E-state index contributed by atoms with van der Waals surface area (Å²) in [4.78, 5) is 15.4. The number of methoxy groups -OCH3 is 1. The lowest BCUT2D eigenvalue weighted by Crippen LogP contribution is -3.01. The van der Waals surface area contributed by atoms with E-state index in [1.165, 1.54) is 23.8 Å². The van der Waals surface area contributed by atoms with Crippen LogP contribution in [0.1, 0.15) is 25.1 Å². The van der Waals surface area contributed by atoms with Crippen LogP contribution in [0.2, 0.25) is 0 Å². The molecule has 0 amide bonds. The maximum atomic E-state index is 11.9. The molecule has 1 aromatic carbocycles. The van der Waals surface area contributed by atoms with E-state index in [4.69, 9.17) is 4.74 Å². The van der Waals surface area contributed by atoms with Gasteiger partial charge in [-0.15, -0.1) is 0 Å². The Balaban J connectivity index is 2.15. The van der Waals surface area contributed by atoms with Crippen LogP contribution in [0.3, 0.4) is 0 Å². The van der Waals surface area contributed by atoms with Crippen LogP contribution in [-0.2, 0) is 21.5 Å². The summed E-state index contributed by atoms with van der Waals surface area (Å²) >= 11 is 0. The van der Waals surface area contributed by atoms with E-state index in [1.807, 2.05) is 12.1 Å². The molecular formula is C15H19N2O2+. The number of aromatic amines is 1. The molecule has 0 fully saturated rings. The van der Waals surface area contributed by atoms with Gasteiger partial charge in [0, 0.05) is 17.3 Å². The zero-order valence-corrected chi connectivity index (χ0v) is 11.5. The van der Waals surface area contributed by atoms with Crippen LogP contribution in [0.5, 0.6) is 0 Å². The van der Waals surface area contributed by atoms with Crippen molar-refractivity contribution in [2.75, 3.05) is 7.11 Å². The Morgan fingerprint density at radius 1 is 1.42 bits per heavy atom. The topological polar surface area (TPSA) is 58.7 Å². The fraction of sp³-hybridized carbons (Fsp3) is 0.400. The molecule has 0 radical (unpaired) electrons. The zero-order valence-electron chi connectivity index (χ0n) is 11.5. The molecule has 1 aliphatic rings. The van der Waals surface area contributed by atoms with Gasteiger partial charge in [-0.25, -0.2) is 4.79 Å². The number of ether oxygens (including phenoxy) is 1. The summed E-state index contributed by atoms with van der Waals surface area (Å²) in [5, 5.41) is 3.31. The van der Waals surface area contributed by atoms with Crippen LogP contribution >= 0.6 is 0 Å². The van der Waals surface area contributed by atoms with Gasteiger partial charge in [-0.1, -0.05) is 18.2 Å². The first-order valence-corrected chi connectivity index (χ1v) is 6.57. The number of H-pyrrole nitrogens is 1. The highest BCUT2D eigenvalue weighted by Crippen LogP contribution is 2.31. The number of nitrogens with one attached hydrogen (secondary N) is 1. The van der Waals surface area contributed by atoms with Crippen molar-refractivity contribution in [1.82, 2.24) is 4.98 Å². The third kappa shape index (κ3) is 1.83. The molecule has 4 nitrogen and oxygen atoms in total. The molecule has 2 heterocycles. The molecule has 19 heavy (non-hydrogen) atoms. The number of aromatic nitrogens is 1. The first-order valence-electron chi connectivity index (χ1n) is 6.57. The normalized spacial score (nSPS) is 21.1. The number of fused-ring (bicyclic) bond motifs is 3. The van der Waals surface area contributed by atoms with Crippen molar-refractivity contribution in [2.45, 2.75) is 31.8 Å². The number of nitrogens with two attached hydrogens (primary N) is 1. The second kappa shape index (κ2) is 4.10. The highest BCUT2D eigenvalue weighted by molar-refractivity contribution is 5.86. The van der Waals surface area contributed by atoms with Crippen molar-refractivity contribution in [2.24, 2.45) is 0 Å². The van der Waals surface area contributed by atoms with E-state index in [2.05, 4.69) is 36.3 Å². The van der Waals surface area contributed by atoms with E-state index >= 15 is 0 Å². The Labute approximate surface area is 112 Å². The summed E-state index contributed by atoms with van der Waals surface area (Å²) < 4.78 is 4.91. The third-order valence-corrected chi connectivity index (χ3v) is 4.00. The molecule has 3 N–H and O–H groups in total. The smallest absolute Gasteiger partial charge is 0.364 e. The summed E-state index contributed by atoms with van der Waals surface area (Å²) in [6, 6.07) is 8.09. The van der Waals surface area contributed by atoms with Gasteiger partial charge in [0.2, 0.25) is 0 Å². The van der Waals surface area contributed by atoms with Crippen LogP contribution in [0.4, 0.5) is 0 Å². The zero-order chi connectivity index (χ0) is 13.6. The summed E-state index contributed by atoms with van der Waals surface area (Å²) in [6.45, 7) is 4.27. The van der Waals surface area contributed by atoms with Crippen molar-refractivity contribution in [3.63, 3.8) is 0 Å². The van der Waals surface area contributed by atoms with E-state index in [1.54, 1.807) is 0 Å². The first-order chi connectivity index (χ1) is 9.03. The summed E-state index contributed by atoms with van der Waals surface area (Å²) in [5.74, 6) is -0.149. The van der Waals surface area contributed by atoms with Gasteiger partial charge in [-0.05, 0) is 25.5 Å². The van der Waals surface area contributed by atoms with E-state index in [0.29, 0.717) is 0 Å². The second-order valence-corrected chi connectivity index (χ2v) is 5.75. The summed E-state index contributed by atoms with van der Waals surface area (Å²) in [7, 11) is 1.45. The van der Waals surface area contributed by atoms with E-state index < -0.39 is 0 Å². The van der Waals surface area contributed by atoms with E-state index in [0.717, 1.165) is 11.9 Å². The number of carbonyl (C=O) groups excluding carboxylic acids is 1. The average Bonchev–Trinajstić information content (AvgIpc) is 2.77. The summed E-state index contributed by atoms with van der Waals surface area (Å²) in [6.07, 6.45) is 0.718. The maximum Gasteiger partial charge on any atom is 0.364 e. The van der Waals surface area contributed by atoms with Gasteiger partial charge in [0.1, 0.15) is 5.54 Å². The number of quaternary nitrogens is 1. The molecule has 100 valence electrons. The first kappa shape index (κ1) is 12.2. The van der Waals surface area contributed by atoms with Crippen LogP contribution in [0.25, 0.3) is 10.9 Å². The minimum Gasteiger partial charge on any atom is -0.465 e. The summed E-state index contributed by atoms with van der Waals surface area (Å²) in [5.41, 5.74) is 3.46. The monoisotopic (exact) mass is 259 g/mol. The van der Waals surface area contributed by atoms with Crippen molar-refractivity contribution in [1.29, 1.82) is 0 Å². The molecule has 0 bridgehead atoms. The minimum absolute atomic E-state index is 0.147. The SMILES string of the molecule is COC(=O)[C@H]1Cc2c([nH]c3ccccc23)C(C)(C)[NH2+]1. The Morgan fingerprint density at radius 2 is 2.16 bits per heavy atom. The molecule has 0 unspecified atom stereocenters. The van der Waals surface area contributed by atoms with Crippen molar-refractivity contribution in [3.8, 4) is 0 Å². The molecular weight excluding hydrogens is 240 g/mol. The quantitative estimate of drug-likeness (QED) is 0.752. The Morgan fingerprint density at radius 3 is 2.89 bits per heavy atom. The lowest BCUT2D eigenvalue weighted by molar-refractivity contribution is -0.753. The second-order valence-electron chi connectivity index (χ2n) is 5.75. The molecule has 0 saturated heterocycles. The van der Waals surface area contributed by atoms with E-state index in [-0.39, 0.29) is 17.6 Å². The standard InChI is InChI=1S/C15H18N2O2/c1-15(2)13-10(8-12(17-15)14(18)19-3)9-6-4-5-7-11(9)16-13/h4-7,12,16-17H,8H2,1-3H3/p+1/t12-/m1/s1. The molecule has 1 aliphatic heterocycles. The predicted octanol–water partition coefficient (Wildman–Crippen LogP) is 1.06. The highest BCUT2D eigenvalue weighted by Gasteiger charge is 2.42. The molecule has 0 saturated carbocycles. The van der Waals surface area contributed by atoms with Crippen LogP contribution in [0.15, 0.2) is 24.3 Å². The number of esters is 1. The highest BCUT2D eigenvalue weighted by atomic mass is 16.5. The van der Waals surface area contributed by atoms with Gasteiger partial charge < -0.3 is 15.0 Å². The van der Waals surface area contributed by atoms with Gasteiger partial charge >= 0.3 is 5.97 Å². The largest absolute Gasteiger partial charge is 0.465 e. The molecule has 0 aliphatic carbocycles. The lowest BCUT2D eigenvalue weighted by Gasteiger charge is -2.32.